The molecule has 1 aliphatic heterocycles. The van der Waals surface area contributed by atoms with E-state index >= 15 is 0 Å². The second-order valence-electron chi connectivity index (χ2n) is 6.44. The highest BCUT2D eigenvalue weighted by Gasteiger charge is 2.21. The van der Waals surface area contributed by atoms with Crippen LogP contribution < -0.4 is 10.1 Å². The summed E-state index contributed by atoms with van der Waals surface area (Å²) in [5.41, 5.74) is -0.0549. The third-order valence-corrected chi connectivity index (χ3v) is 4.30. The van der Waals surface area contributed by atoms with Crippen LogP contribution in [0.4, 0.5) is 5.69 Å². The number of carbonyl (C=O) groups excluding carboxylic acids is 1. The molecule has 2 atom stereocenters. The van der Waals surface area contributed by atoms with Gasteiger partial charge in [0.05, 0.1) is 11.0 Å². The van der Waals surface area contributed by atoms with E-state index in [1.165, 1.54) is 31.0 Å². The van der Waals surface area contributed by atoms with Crippen LogP contribution in [0.5, 0.6) is 5.75 Å². The van der Waals surface area contributed by atoms with E-state index in [-0.39, 0.29) is 24.2 Å². The number of nitrogens with zero attached hydrogens (tertiary/aromatic N) is 2. The molecular formula is C17H25N3O4. The van der Waals surface area contributed by atoms with Crippen LogP contribution in [0.2, 0.25) is 0 Å². The third-order valence-electron chi connectivity index (χ3n) is 4.30. The highest BCUT2D eigenvalue weighted by atomic mass is 16.6. The number of nitro benzene ring substituents is 1. The summed E-state index contributed by atoms with van der Waals surface area (Å²) in [4.78, 5) is 24.5. The average Bonchev–Trinajstić information content (AvgIpc) is 2.58. The highest BCUT2D eigenvalue weighted by Crippen LogP contribution is 2.19. The maximum absolute atomic E-state index is 11.9. The van der Waals surface area contributed by atoms with Crippen molar-refractivity contribution in [1.82, 2.24) is 10.2 Å². The van der Waals surface area contributed by atoms with Crippen LogP contribution >= 0.6 is 0 Å². The van der Waals surface area contributed by atoms with Crippen molar-refractivity contribution in [3.63, 3.8) is 0 Å². The Morgan fingerprint density at radius 1 is 1.54 bits per heavy atom. The van der Waals surface area contributed by atoms with Crippen LogP contribution in [-0.4, -0.2) is 48.0 Å². The lowest BCUT2D eigenvalue weighted by molar-refractivity contribution is -0.384. The van der Waals surface area contributed by atoms with Gasteiger partial charge in [-0.15, -0.1) is 0 Å². The summed E-state index contributed by atoms with van der Waals surface area (Å²) in [5.74, 6) is 0.796. The first-order chi connectivity index (χ1) is 11.5. The molecule has 0 spiro atoms. The lowest BCUT2D eigenvalue weighted by Gasteiger charge is -2.35. The molecule has 1 amide bonds. The highest BCUT2D eigenvalue weighted by molar-refractivity contribution is 5.77. The fourth-order valence-corrected chi connectivity index (χ4v) is 2.90. The van der Waals surface area contributed by atoms with Gasteiger partial charge >= 0.3 is 0 Å². The summed E-state index contributed by atoms with van der Waals surface area (Å²) in [6, 6.07) is 6.11. The minimum absolute atomic E-state index is 0.0549. The molecule has 0 aromatic heterocycles. The summed E-state index contributed by atoms with van der Waals surface area (Å²) in [5, 5.41) is 13.6. The molecule has 0 unspecified atom stereocenters. The Kier molecular flexibility index (Phi) is 6.54. The minimum Gasteiger partial charge on any atom is -0.484 e. The fourth-order valence-electron chi connectivity index (χ4n) is 2.90. The molecule has 0 aliphatic carbocycles. The maximum Gasteiger partial charge on any atom is 0.273 e. The molecule has 1 heterocycles. The van der Waals surface area contributed by atoms with E-state index in [4.69, 9.17) is 4.74 Å². The normalized spacial score (nSPS) is 19.5. The quantitative estimate of drug-likeness (QED) is 0.610. The van der Waals surface area contributed by atoms with Crippen LogP contribution in [0.25, 0.3) is 0 Å². The Hall–Kier alpha value is -2.15. The van der Waals surface area contributed by atoms with Gasteiger partial charge in [0.15, 0.2) is 6.61 Å². The number of nitrogens with one attached hydrogen (secondary N) is 1. The SMILES string of the molecule is C[C@@H]1CCCN([C@H](C)CNC(=O)COc2cccc([N+](=O)[O-])c2)C1. The Morgan fingerprint density at radius 3 is 3.04 bits per heavy atom. The molecule has 1 N–H and O–H groups in total. The lowest BCUT2D eigenvalue weighted by atomic mass is 9.99. The lowest BCUT2D eigenvalue weighted by Crippen LogP contribution is -2.46. The number of hydrogen-bond acceptors (Lipinski definition) is 5. The largest absolute Gasteiger partial charge is 0.484 e. The summed E-state index contributed by atoms with van der Waals surface area (Å²) in [6.45, 7) is 6.94. The number of rotatable bonds is 7. The van der Waals surface area contributed by atoms with Crippen LogP contribution in [0, 0.1) is 16.0 Å². The van der Waals surface area contributed by atoms with Crippen molar-refractivity contribution in [2.24, 2.45) is 5.92 Å². The van der Waals surface area contributed by atoms with Gasteiger partial charge in [-0.2, -0.15) is 0 Å². The summed E-state index contributed by atoms with van der Waals surface area (Å²) < 4.78 is 5.32. The second-order valence-corrected chi connectivity index (χ2v) is 6.44. The van der Waals surface area contributed by atoms with Crippen molar-refractivity contribution in [1.29, 1.82) is 0 Å². The molecule has 1 aromatic rings. The molecule has 0 bridgehead atoms. The van der Waals surface area contributed by atoms with E-state index in [0.29, 0.717) is 18.2 Å². The monoisotopic (exact) mass is 335 g/mol. The first kappa shape index (κ1) is 18.2. The van der Waals surface area contributed by atoms with Gasteiger partial charge in [0, 0.05) is 25.2 Å². The van der Waals surface area contributed by atoms with Crippen molar-refractivity contribution in [3.8, 4) is 5.75 Å². The Labute approximate surface area is 142 Å². The van der Waals surface area contributed by atoms with Gasteiger partial charge in [-0.25, -0.2) is 0 Å². The molecule has 0 saturated carbocycles. The van der Waals surface area contributed by atoms with Gasteiger partial charge in [0.25, 0.3) is 11.6 Å². The number of ether oxygens (including phenoxy) is 1. The molecule has 0 radical (unpaired) electrons. The molecule has 2 rings (SSSR count). The predicted molar refractivity (Wildman–Crippen MR) is 91.0 cm³/mol. The van der Waals surface area contributed by atoms with Gasteiger partial charge in [-0.1, -0.05) is 13.0 Å². The Balaban J connectivity index is 1.73. The van der Waals surface area contributed by atoms with E-state index in [2.05, 4.69) is 24.1 Å². The van der Waals surface area contributed by atoms with E-state index < -0.39 is 4.92 Å². The third kappa shape index (κ3) is 5.49. The molecule has 7 heteroatoms. The molecule has 24 heavy (non-hydrogen) atoms. The molecule has 132 valence electrons. The number of non-ortho nitro benzene ring substituents is 1. The minimum atomic E-state index is -0.492. The topological polar surface area (TPSA) is 84.7 Å². The molecule has 7 nitrogen and oxygen atoms in total. The van der Waals surface area contributed by atoms with Crippen LogP contribution in [0.3, 0.4) is 0 Å². The summed E-state index contributed by atoms with van der Waals surface area (Å²) in [7, 11) is 0. The van der Waals surface area contributed by atoms with E-state index in [0.717, 1.165) is 13.1 Å². The van der Waals surface area contributed by atoms with Crippen molar-refractivity contribution in [2.45, 2.75) is 32.7 Å². The first-order valence-corrected chi connectivity index (χ1v) is 8.33. The Morgan fingerprint density at radius 2 is 2.33 bits per heavy atom. The standard InChI is InChI=1S/C17H25N3O4/c1-13-5-4-8-19(11-13)14(2)10-18-17(21)12-24-16-7-3-6-15(9-16)20(22)23/h3,6-7,9,13-14H,4-5,8,10-12H2,1-2H3,(H,18,21)/t13-,14-/m1/s1. The molecule has 1 aromatic carbocycles. The average molecular weight is 335 g/mol. The number of piperidine rings is 1. The zero-order valence-corrected chi connectivity index (χ0v) is 14.2. The van der Waals surface area contributed by atoms with Crippen molar-refractivity contribution < 1.29 is 14.5 Å². The first-order valence-electron chi connectivity index (χ1n) is 8.33. The molecule has 1 fully saturated rings. The van der Waals surface area contributed by atoms with Crippen molar-refractivity contribution in [3.05, 3.63) is 34.4 Å². The number of likely N-dealkylation sites (tertiary alicyclic amines) is 1. The number of benzene rings is 1. The van der Waals surface area contributed by atoms with Gasteiger partial charge < -0.3 is 10.1 Å². The number of nitro groups is 1. The van der Waals surface area contributed by atoms with Crippen LogP contribution in [-0.2, 0) is 4.79 Å². The molecular weight excluding hydrogens is 310 g/mol. The fraction of sp³-hybridized carbons (Fsp3) is 0.588. The van der Waals surface area contributed by atoms with Gasteiger partial charge in [-0.3, -0.25) is 19.8 Å². The van der Waals surface area contributed by atoms with E-state index in [1.807, 2.05) is 0 Å². The molecule has 1 aliphatic rings. The van der Waals surface area contributed by atoms with Crippen molar-refractivity contribution >= 4 is 11.6 Å². The zero-order chi connectivity index (χ0) is 17.5. The van der Waals surface area contributed by atoms with E-state index in [1.54, 1.807) is 6.07 Å². The van der Waals surface area contributed by atoms with Crippen molar-refractivity contribution in [2.75, 3.05) is 26.2 Å². The van der Waals surface area contributed by atoms with E-state index in [9.17, 15) is 14.9 Å². The zero-order valence-electron chi connectivity index (χ0n) is 14.2. The van der Waals surface area contributed by atoms with Crippen LogP contribution in [0.1, 0.15) is 26.7 Å². The Bertz CT molecular complexity index is 579. The predicted octanol–water partition coefficient (Wildman–Crippen LogP) is 2.21. The summed E-state index contributed by atoms with van der Waals surface area (Å²) in [6.07, 6.45) is 2.47. The molecule has 1 saturated heterocycles. The van der Waals surface area contributed by atoms with Gasteiger partial charge in [0.1, 0.15) is 5.75 Å². The second kappa shape index (κ2) is 8.63. The van der Waals surface area contributed by atoms with Crippen LogP contribution in [0.15, 0.2) is 24.3 Å². The van der Waals surface area contributed by atoms with Gasteiger partial charge in [-0.05, 0) is 38.3 Å². The smallest absolute Gasteiger partial charge is 0.273 e. The summed E-state index contributed by atoms with van der Waals surface area (Å²) >= 11 is 0. The number of amides is 1. The van der Waals surface area contributed by atoms with Gasteiger partial charge in [0.2, 0.25) is 0 Å². The number of hydrogen-bond donors (Lipinski definition) is 1. The number of carbonyl (C=O) groups is 1. The maximum atomic E-state index is 11.9.